The zero-order chi connectivity index (χ0) is 43.4. The molecule has 348 valence electrons. The number of aliphatic hydroxyl groups excluding tert-OH is 9. The quantitative estimate of drug-likeness (QED) is 0.148. The highest BCUT2D eigenvalue weighted by Gasteiger charge is 2.66. The zero-order valence-electron chi connectivity index (χ0n) is 36.3. The minimum Gasteiger partial charge on any atom is -0.394 e. The van der Waals surface area contributed by atoms with Gasteiger partial charge in [0, 0.05) is 18.6 Å². The van der Waals surface area contributed by atoms with Gasteiger partial charge >= 0.3 is 0 Å². The molecule has 4 aliphatic carbocycles. The van der Waals surface area contributed by atoms with E-state index in [-0.39, 0.29) is 11.5 Å². The van der Waals surface area contributed by atoms with Gasteiger partial charge in [-0.15, -0.1) is 0 Å². The first-order chi connectivity index (χ1) is 29.0. The largest absolute Gasteiger partial charge is 0.394 e. The van der Waals surface area contributed by atoms with Crippen molar-refractivity contribution < 1.29 is 74.4 Å². The Bertz CT molecular complexity index is 1590. The van der Waals surface area contributed by atoms with E-state index in [0.29, 0.717) is 42.1 Å². The summed E-state index contributed by atoms with van der Waals surface area (Å²) in [6.07, 6.45) is -10.8. The van der Waals surface area contributed by atoms with Crippen molar-refractivity contribution in [2.45, 2.75) is 203 Å². The maximum Gasteiger partial charge on any atom is 0.187 e. The van der Waals surface area contributed by atoms with Crippen LogP contribution >= 0.6 is 0 Å². The Morgan fingerprint density at radius 1 is 0.672 bits per heavy atom. The van der Waals surface area contributed by atoms with E-state index in [4.69, 9.17) is 28.4 Å². The standard InChI is InChI=1S/C45H73NO15/c1-19-6-9-27-20(2)31-28(46(27)16-19)15-26-24-8-7-22-14-23(10-12-44(22,4)25(24)11-13-45(26,31)5)57-43-40(61-41-36(53)34(51)32(49)21(3)56-41)38(55)39(30(18-48)59-43)60-42-37(54)35(52)33(50)29(17-47)58-42/h7,19-21,23-43,47-55H,6,8-18H2,1-5H3. The van der Waals surface area contributed by atoms with E-state index in [0.717, 1.165) is 36.6 Å². The van der Waals surface area contributed by atoms with Crippen LogP contribution in [0.1, 0.15) is 92.4 Å². The highest BCUT2D eigenvalue weighted by molar-refractivity contribution is 5.27. The number of rotatable bonds is 8. The molecule has 16 heteroatoms. The molecule has 0 aromatic heterocycles. The second kappa shape index (κ2) is 17.1. The zero-order valence-corrected chi connectivity index (χ0v) is 36.3. The van der Waals surface area contributed by atoms with Crippen molar-refractivity contribution >= 4 is 0 Å². The van der Waals surface area contributed by atoms with Crippen molar-refractivity contribution in [3.05, 3.63) is 11.6 Å². The minimum atomic E-state index is -1.81. The molecule has 9 N–H and O–H groups in total. The van der Waals surface area contributed by atoms with Gasteiger partial charge in [0.2, 0.25) is 0 Å². The molecule has 16 nitrogen and oxygen atoms in total. The average molecular weight is 868 g/mol. The van der Waals surface area contributed by atoms with Crippen LogP contribution in [-0.4, -0.2) is 181 Å². The summed E-state index contributed by atoms with van der Waals surface area (Å²) < 4.78 is 36.5. The number of nitrogens with zero attached hydrogens (tertiary/aromatic N) is 1. The fraction of sp³-hybridized carbons (Fsp3) is 0.956. The number of aliphatic hydroxyl groups is 9. The van der Waals surface area contributed by atoms with Gasteiger partial charge in [0.25, 0.3) is 0 Å². The van der Waals surface area contributed by atoms with Gasteiger partial charge in [0.1, 0.15) is 67.1 Å². The van der Waals surface area contributed by atoms with Gasteiger partial charge in [0.05, 0.1) is 25.4 Å². The lowest BCUT2D eigenvalue weighted by atomic mass is 9.47. The SMILES string of the molecule is CC1CCC2C(C)C3C(CC4C5CC=C6CC(OC7OC(CO)C(OC8OC(CO)C(O)C(O)C8O)C(O)C7OC7OC(C)C(O)C(O)C7O)CCC6(C)C5CCC43C)N2C1. The first kappa shape index (κ1) is 45.3. The van der Waals surface area contributed by atoms with Crippen molar-refractivity contribution in [1.82, 2.24) is 4.90 Å². The molecule has 8 fully saturated rings. The molecule has 0 aromatic carbocycles. The van der Waals surface area contributed by atoms with Gasteiger partial charge < -0.3 is 74.4 Å². The van der Waals surface area contributed by atoms with Crippen molar-refractivity contribution in [3.8, 4) is 0 Å². The normalized spacial score (nSPS) is 57.3. The first-order valence-electron chi connectivity index (χ1n) is 23.4. The van der Waals surface area contributed by atoms with Crippen LogP contribution in [-0.2, 0) is 28.4 Å². The van der Waals surface area contributed by atoms with E-state index in [1.54, 1.807) is 0 Å². The monoisotopic (exact) mass is 867 g/mol. The number of ether oxygens (including phenoxy) is 6. The molecule has 0 radical (unpaired) electrons. The Morgan fingerprint density at radius 2 is 1.34 bits per heavy atom. The van der Waals surface area contributed by atoms with E-state index in [1.807, 2.05) is 0 Å². The second-order valence-electron chi connectivity index (χ2n) is 21.2. The van der Waals surface area contributed by atoms with Crippen LogP contribution in [0.2, 0.25) is 0 Å². The number of hydrogen-bond acceptors (Lipinski definition) is 16. The van der Waals surface area contributed by atoms with E-state index >= 15 is 0 Å². The lowest BCUT2D eigenvalue weighted by Crippen LogP contribution is -2.67. The molecular weight excluding hydrogens is 794 g/mol. The van der Waals surface area contributed by atoms with Gasteiger partial charge in [0.15, 0.2) is 18.9 Å². The smallest absolute Gasteiger partial charge is 0.187 e. The third kappa shape index (κ3) is 7.42. The number of allylic oxidation sites excluding steroid dienone is 1. The summed E-state index contributed by atoms with van der Waals surface area (Å²) in [6.45, 7) is 11.4. The molecule has 0 aromatic rings. The Labute approximate surface area is 359 Å². The average Bonchev–Trinajstić information content (AvgIpc) is 3.71. The van der Waals surface area contributed by atoms with Crippen LogP contribution < -0.4 is 0 Å². The molecular formula is C45H73NO15. The van der Waals surface area contributed by atoms with Crippen molar-refractivity contribution in [2.24, 2.45) is 46.3 Å². The van der Waals surface area contributed by atoms with E-state index < -0.39 is 105 Å². The maximum absolute atomic E-state index is 12.0. The van der Waals surface area contributed by atoms with Crippen LogP contribution in [0.25, 0.3) is 0 Å². The fourth-order valence-electron chi connectivity index (χ4n) is 14.8. The number of hydrogen-bond donors (Lipinski definition) is 9. The molecule has 0 bridgehead atoms. The van der Waals surface area contributed by atoms with E-state index in [2.05, 4.69) is 38.7 Å². The van der Waals surface area contributed by atoms with Crippen molar-refractivity contribution in [2.75, 3.05) is 19.8 Å². The number of fused-ring (bicyclic) bond motifs is 9. The van der Waals surface area contributed by atoms with Crippen LogP contribution in [0, 0.1) is 46.3 Å². The van der Waals surface area contributed by atoms with Gasteiger partial charge in [-0.3, -0.25) is 4.90 Å². The Morgan fingerprint density at radius 3 is 2.07 bits per heavy atom. The van der Waals surface area contributed by atoms with Gasteiger partial charge in [-0.25, -0.2) is 0 Å². The Balaban J connectivity index is 0.929. The molecule has 9 rings (SSSR count). The second-order valence-corrected chi connectivity index (χ2v) is 21.2. The molecule has 0 spiro atoms. The summed E-state index contributed by atoms with van der Waals surface area (Å²) >= 11 is 0. The van der Waals surface area contributed by atoms with Gasteiger partial charge in [-0.05, 0) is 111 Å². The fourth-order valence-corrected chi connectivity index (χ4v) is 14.8. The lowest BCUT2D eigenvalue weighted by Gasteiger charge is -2.58. The minimum absolute atomic E-state index is 0.0174. The topological polar surface area (TPSA) is 241 Å². The van der Waals surface area contributed by atoms with Crippen molar-refractivity contribution in [1.29, 1.82) is 0 Å². The maximum atomic E-state index is 12.0. The van der Waals surface area contributed by atoms with Crippen LogP contribution in [0.3, 0.4) is 0 Å². The molecule has 5 saturated heterocycles. The third-order valence-electron chi connectivity index (χ3n) is 18.0. The molecule has 26 atom stereocenters. The molecule has 9 aliphatic rings. The third-order valence-corrected chi connectivity index (χ3v) is 18.0. The summed E-state index contributed by atoms with van der Waals surface area (Å²) in [6, 6.07) is 1.44. The van der Waals surface area contributed by atoms with E-state index in [1.165, 1.54) is 51.1 Å². The van der Waals surface area contributed by atoms with Gasteiger partial charge in [-0.1, -0.05) is 39.3 Å². The summed E-state index contributed by atoms with van der Waals surface area (Å²) in [5.41, 5.74) is 1.75. The van der Waals surface area contributed by atoms with Crippen molar-refractivity contribution in [3.63, 3.8) is 0 Å². The lowest BCUT2D eigenvalue weighted by molar-refractivity contribution is -0.389. The predicted octanol–water partition coefficient (Wildman–Crippen LogP) is 0.155. The van der Waals surface area contributed by atoms with Crippen LogP contribution in [0.4, 0.5) is 0 Å². The molecule has 5 heterocycles. The summed E-state index contributed by atoms with van der Waals surface area (Å²) in [4.78, 5) is 2.94. The van der Waals surface area contributed by atoms with Crippen LogP contribution in [0.15, 0.2) is 11.6 Å². The Hall–Kier alpha value is -0.900. The predicted molar refractivity (Wildman–Crippen MR) is 215 cm³/mol. The molecule has 5 aliphatic heterocycles. The van der Waals surface area contributed by atoms with E-state index in [9.17, 15) is 46.0 Å². The summed E-state index contributed by atoms with van der Waals surface area (Å²) in [5, 5.41) is 95.8. The Kier molecular flexibility index (Phi) is 12.7. The number of piperidine rings is 1. The van der Waals surface area contributed by atoms with Gasteiger partial charge in [-0.2, -0.15) is 0 Å². The molecule has 61 heavy (non-hydrogen) atoms. The van der Waals surface area contributed by atoms with Crippen LogP contribution in [0.5, 0.6) is 0 Å². The highest BCUT2D eigenvalue weighted by atomic mass is 16.8. The summed E-state index contributed by atoms with van der Waals surface area (Å²) in [5.74, 6) is 4.19. The first-order valence-corrected chi connectivity index (χ1v) is 23.4. The summed E-state index contributed by atoms with van der Waals surface area (Å²) in [7, 11) is 0. The highest BCUT2D eigenvalue weighted by Crippen LogP contribution is 2.70. The molecule has 0 amide bonds. The molecule has 3 saturated carbocycles. The molecule has 26 unspecified atom stereocenters.